The van der Waals surface area contributed by atoms with Crippen molar-refractivity contribution in [3.05, 3.63) is 52.0 Å². The standard InChI is InChI=1S/C16H20FNOS/c1-3-7-18-16(9-12-6-8-20-11-12)14-5-4-13(19-2)10-15(14)17/h4-6,8,10-11,16,18H,3,7,9H2,1-2H3. The molecule has 1 atom stereocenters. The summed E-state index contributed by atoms with van der Waals surface area (Å²) >= 11 is 1.67. The van der Waals surface area contributed by atoms with Crippen LogP contribution in [0.5, 0.6) is 5.75 Å². The van der Waals surface area contributed by atoms with Crippen LogP contribution in [0.15, 0.2) is 35.0 Å². The molecule has 0 aliphatic heterocycles. The van der Waals surface area contributed by atoms with E-state index in [4.69, 9.17) is 4.74 Å². The monoisotopic (exact) mass is 293 g/mol. The van der Waals surface area contributed by atoms with Gasteiger partial charge in [0.05, 0.1) is 7.11 Å². The Kier molecular flexibility index (Phi) is 5.56. The van der Waals surface area contributed by atoms with Gasteiger partial charge in [0.15, 0.2) is 0 Å². The van der Waals surface area contributed by atoms with Crippen LogP contribution in [0.3, 0.4) is 0 Å². The van der Waals surface area contributed by atoms with Gasteiger partial charge in [0.25, 0.3) is 0 Å². The first-order valence-corrected chi connectivity index (χ1v) is 7.76. The van der Waals surface area contributed by atoms with Gasteiger partial charge in [0.2, 0.25) is 0 Å². The molecule has 1 heterocycles. The molecule has 0 saturated carbocycles. The summed E-state index contributed by atoms with van der Waals surface area (Å²) in [5.41, 5.74) is 1.93. The highest BCUT2D eigenvalue weighted by Gasteiger charge is 2.16. The zero-order chi connectivity index (χ0) is 14.4. The average Bonchev–Trinajstić information content (AvgIpc) is 2.96. The van der Waals surface area contributed by atoms with Crippen LogP contribution < -0.4 is 10.1 Å². The van der Waals surface area contributed by atoms with Crippen molar-refractivity contribution in [1.82, 2.24) is 5.32 Å². The van der Waals surface area contributed by atoms with E-state index in [2.05, 4.69) is 29.1 Å². The van der Waals surface area contributed by atoms with E-state index in [0.29, 0.717) is 11.3 Å². The molecule has 0 aliphatic rings. The molecule has 1 unspecified atom stereocenters. The van der Waals surface area contributed by atoms with Crippen molar-refractivity contribution in [2.45, 2.75) is 25.8 Å². The second-order valence-corrected chi connectivity index (χ2v) is 5.51. The summed E-state index contributed by atoms with van der Waals surface area (Å²) < 4.78 is 19.3. The van der Waals surface area contributed by atoms with Crippen LogP contribution in [0.25, 0.3) is 0 Å². The van der Waals surface area contributed by atoms with E-state index >= 15 is 0 Å². The minimum Gasteiger partial charge on any atom is -0.497 e. The summed E-state index contributed by atoms with van der Waals surface area (Å²) in [6.07, 6.45) is 1.82. The van der Waals surface area contributed by atoms with Crippen molar-refractivity contribution in [2.24, 2.45) is 0 Å². The zero-order valence-electron chi connectivity index (χ0n) is 11.9. The third-order valence-electron chi connectivity index (χ3n) is 3.24. The van der Waals surface area contributed by atoms with Gasteiger partial charge in [-0.3, -0.25) is 0 Å². The van der Waals surface area contributed by atoms with Crippen molar-refractivity contribution < 1.29 is 9.13 Å². The number of benzene rings is 1. The van der Waals surface area contributed by atoms with Gasteiger partial charge in [0.1, 0.15) is 11.6 Å². The van der Waals surface area contributed by atoms with Gasteiger partial charge in [0, 0.05) is 17.7 Å². The maximum absolute atomic E-state index is 14.2. The molecule has 0 spiro atoms. The number of thiophene rings is 1. The molecular formula is C16H20FNOS. The lowest BCUT2D eigenvalue weighted by atomic mass is 9.99. The molecule has 2 aromatic rings. The van der Waals surface area contributed by atoms with E-state index in [1.807, 2.05) is 12.1 Å². The predicted molar refractivity (Wildman–Crippen MR) is 82.0 cm³/mol. The summed E-state index contributed by atoms with van der Waals surface area (Å²) in [4.78, 5) is 0. The first kappa shape index (κ1) is 15.0. The third kappa shape index (κ3) is 3.81. The van der Waals surface area contributed by atoms with Gasteiger partial charge in [-0.2, -0.15) is 11.3 Å². The third-order valence-corrected chi connectivity index (χ3v) is 3.98. The largest absolute Gasteiger partial charge is 0.497 e. The fourth-order valence-corrected chi connectivity index (χ4v) is 2.85. The minimum absolute atomic E-state index is 0.00421. The highest BCUT2D eigenvalue weighted by Crippen LogP contribution is 2.25. The van der Waals surface area contributed by atoms with Crippen LogP contribution in [0.2, 0.25) is 0 Å². The Bertz CT molecular complexity index is 527. The van der Waals surface area contributed by atoms with Gasteiger partial charge in [-0.15, -0.1) is 0 Å². The van der Waals surface area contributed by atoms with E-state index in [-0.39, 0.29) is 11.9 Å². The van der Waals surface area contributed by atoms with Crippen LogP contribution in [-0.2, 0) is 6.42 Å². The number of ether oxygens (including phenoxy) is 1. The second kappa shape index (κ2) is 7.41. The maximum atomic E-state index is 14.2. The number of hydrogen-bond acceptors (Lipinski definition) is 3. The van der Waals surface area contributed by atoms with Gasteiger partial charge >= 0.3 is 0 Å². The Morgan fingerprint density at radius 1 is 1.35 bits per heavy atom. The Hall–Kier alpha value is -1.39. The summed E-state index contributed by atoms with van der Waals surface area (Å²) in [6.45, 7) is 2.99. The SMILES string of the molecule is CCCNC(Cc1ccsc1)c1ccc(OC)cc1F. The Morgan fingerprint density at radius 3 is 2.80 bits per heavy atom. The molecule has 1 aromatic heterocycles. The van der Waals surface area contributed by atoms with Crippen LogP contribution in [0, 0.1) is 5.82 Å². The van der Waals surface area contributed by atoms with Crippen LogP contribution in [0.1, 0.15) is 30.5 Å². The fourth-order valence-electron chi connectivity index (χ4n) is 2.17. The fraction of sp³-hybridized carbons (Fsp3) is 0.375. The molecule has 0 radical (unpaired) electrons. The van der Waals surface area contributed by atoms with Crippen molar-refractivity contribution in [3.8, 4) is 5.75 Å². The predicted octanol–water partition coefficient (Wildman–Crippen LogP) is 4.18. The Labute approximate surface area is 123 Å². The maximum Gasteiger partial charge on any atom is 0.131 e. The molecule has 4 heteroatoms. The highest BCUT2D eigenvalue weighted by atomic mass is 32.1. The van der Waals surface area contributed by atoms with E-state index in [1.165, 1.54) is 11.6 Å². The Morgan fingerprint density at radius 2 is 2.20 bits per heavy atom. The molecule has 2 nitrogen and oxygen atoms in total. The number of nitrogens with one attached hydrogen (secondary N) is 1. The van der Waals surface area contributed by atoms with Crippen LogP contribution >= 0.6 is 11.3 Å². The van der Waals surface area contributed by atoms with Crippen molar-refractivity contribution in [2.75, 3.05) is 13.7 Å². The summed E-state index contributed by atoms with van der Waals surface area (Å²) in [7, 11) is 1.55. The number of halogens is 1. The summed E-state index contributed by atoms with van der Waals surface area (Å²) in [5.74, 6) is 0.337. The van der Waals surface area contributed by atoms with Crippen LogP contribution in [0.4, 0.5) is 4.39 Å². The smallest absolute Gasteiger partial charge is 0.131 e. The highest BCUT2D eigenvalue weighted by molar-refractivity contribution is 7.07. The van der Waals surface area contributed by atoms with Gasteiger partial charge in [-0.25, -0.2) is 4.39 Å². The second-order valence-electron chi connectivity index (χ2n) is 4.73. The summed E-state index contributed by atoms with van der Waals surface area (Å²) in [6, 6.07) is 7.16. The minimum atomic E-state index is -0.215. The molecule has 1 aromatic carbocycles. The lowest BCUT2D eigenvalue weighted by Gasteiger charge is -2.19. The molecule has 0 amide bonds. The number of methoxy groups -OCH3 is 1. The van der Waals surface area contributed by atoms with Crippen molar-refractivity contribution in [3.63, 3.8) is 0 Å². The molecule has 0 bridgehead atoms. The quantitative estimate of drug-likeness (QED) is 0.827. The molecular weight excluding hydrogens is 273 g/mol. The van der Waals surface area contributed by atoms with E-state index in [9.17, 15) is 4.39 Å². The summed E-state index contributed by atoms with van der Waals surface area (Å²) in [5, 5.41) is 7.59. The molecule has 0 saturated heterocycles. The lowest BCUT2D eigenvalue weighted by molar-refractivity contribution is 0.409. The molecule has 0 aliphatic carbocycles. The molecule has 1 N–H and O–H groups in total. The van der Waals surface area contributed by atoms with E-state index in [1.54, 1.807) is 18.4 Å². The topological polar surface area (TPSA) is 21.3 Å². The van der Waals surface area contributed by atoms with Crippen molar-refractivity contribution in [1.29, 1.82) is 0 Å². The van der Waals surface area contributed by atoms with E-state index < -0.39 is 0 Å². The Balaban J connectivity index is 2.21. The average molecular weight is 293 g/mol. The first-order valence-electron chi connectivity index (χ1n) is 6.82. The number of rotatable bonds is 7. The van der Waals surface area contributed by atoms with Gasteiger partial charge in [-0.1, -0.05) is 13.0 Å². The first-order chi connectivity index (χ1) is 9.74. The lowest BCUT2D eigenvalue weighted by Crippen LogP contribution is -2.24. The zero-order valence-corrected chi connectivity index (χ0v) is 12.7. The van der Waals surface area contributed by atoms with Crippen molar-refractivity contribution >= 4 is 11.3 Å². The molecule has 2 rings (SSSR count). The molecule has 108 valence electrons. The molecule has 20 heavy (non-hydrogen) atoms. The molecule has 0 fully saturated rings. The van der Waals surface area contributed by atoms with Gasteiger partial charge < -0.3 is 10.1 Å². The number of hydrogen-bond donors (Lipinski definition) is 1. The van der Waals surface area contributed by atoms with Crippen LogP contribution in [-0.4, -0.2) is 13.7 Å². The van der Waals surface area contributed by atoms with Gasteiger partial charge in [-0.05, 0) is 47.8 Å². The van der Waals surface area contributed by atoms with E-state index in [0.717, 1.165) is 19.4 Å². The normalized spacial score (nSPS) is 12.3.